The average molecular weight is 348 g/mol. The third kappa shape index (κ3) is 2.97. The van der Waals surface area contributed by atoms with Crippen molar-refractivity contribution in [3.05, 3.63) is 46.4 Å². The Morgan fingerprint density at radius 2 is 1.95 bits per heavy atom. The highest BCUT2D eigenvalue weighted by Gasteiger charge is 2.26. The molecule has 110 valence electrons. The molecule has 0 aliphatic carbocycles. The standard InChI is InChI=1S/C17H18BrNO2/c18-15-7-6-12-9-14(5-4-13(12)10-15)17(21)19-8-2-1-3-16(19)11-20/h4-7,9-10,16,20H,1-3,8,11H2. The van der Waals surface area contributed by atoms with Gasteiger partial charge in [0, 0.05) is 16.6 Å². The lowest BCUT2D eigenvalue weighted by molar-refractivity contribution is 0.0503. The Hall–Kier alpha value is -1.39. The molecule has 1 heterocycles. The predicted octanol–water partition coefficient (Wildman–Crippen LogP) is 3.59. The van der Waals surface area contributed by atoms with Gasteiger partial charge in [0.15, 0.2) is 0 Å². The van der Waals surface area contributed by atoms with Gasteiger partial charge in [0.2, 0.25) is 0 Å². The number of hydrogen-bond acceptors (Lipinski definition) is 2. The maximum absolute atomic E-state index is 12.7. The first-order valence-electron chi connectivity index (χ1n) is 7.30. The Bertz CT molecular complexity index is 671. The van der Waals surface area contributed by atoms with Gasteiger partial charge in [0.1, 0.15) is 0 Å². The number of fused-ring (bicyclic) bond motifs is 1. The summed E-state index contributed by atoms with van der Waals surface area (Å²) in [4.78, 5) is 14.5. The molecule has 1 unspecified atom stereocenters. The molecular formula is C17H18BrNO2. The first-order chi connectivity index (χ1) is 10.2. The van der Waals surface area contributed by atoms with Gasteiger partial charge < -0.3 is 10.0 Å². The fourth-order valence-electron chi connectivity index (χ4n) is 2.97. The monoisotopic (exact) mass is 347 g/mol. The largest absolute Gasteiger partial charge is 0.394 e. The normalized spacial score (nSPS) is 19.0. The lowest BCUT2D eigenvalue weighted by Gasteiger charge is -2.34. The van der Waals surface area contributed by atoms with Gasteiger partial charge >= 0.3 is 0 Å². The van der Waals surface area contributed by atoms with Crippen molar-refractivity contribution in [1.82, 2.24) is 4.90 Å². The number of aliphatic hydroxyl groups is 1. The highest BCUT2D eigenvalue weighted by atomic mass is 79.9. The van der Waals surface area contributed by atoms with Crippen molar-refractivity contribution in [2.45, 2.75) is 25.3 Å². The van der Waals surface area contributed by atoms with Crippen LogP contribution < -0.4 is 0 Å². The lowest BCUT2D eigenvalue weighted by atomic mass is 10.0. The topological polar surface area (TPSA) is 40.5 Å². The number of benzene rings is 2. The van der Waals surface area contributed by atoms with E-state index >= 15 is 0 Å². The van der Waals surface area contributed by atoms with Crippen molar-refractivity contribution in [2.75, 3.05) is 13.2 Å². The van der Waals surface area contributed by atoms with Crippen molar-refractivity contribution in [3.63, 3.8) is 0 Å². The zero-order valence-corrected chi connectivity index (χ0v) is 13.3. The lowest BCUT2D eigenvalue weighted by Crippen LogP contribution is -2.45. The Labute approximate surface area is 132 Å². The molecule has 1 N–H and O–H groups in total. The molecule has 21 heavy (non-hydrogen) atoms. The molecule has 0 bridgehead atoms. The minimum absolute atomic E-state index is 0.0265. The van der Waals surface area contributed by atoms with Crippen molar-refractivity contribution >= 4 is 32.6 Å². The first kappa shape index (κ1) is 14.5. The summed E-state index contributed by atoms with van der Waals surface area (Å²) in [5.74, 6) is 0.0265. The molecule has 0 aromatic heterocycles. The molecule has 3 rings (SSSR count). The van der Waals surface area contributed by atoms with Crippen molar-refractivity contribution < 1.29 is 9.90 Å². The number of hydrogen-bond donors (Lipinski definition) is 1. The van der Waals surface area contributed by atoms with Crippen LogP contribution in [0.4, 0.5) is 0 Å². The molecule has 1 aliphatic rings. The summed E-state index contributed by atoms with van der Waals surface area (Å²) in [6.45, 7) is 0.786. The van der Waals surface area contributed by atoms with Crippen molar-refractivity contribution in [1.29, 1.82) is 0 Å². The van der Waals surface area contributed by atoms with Gasteiger partial charge in [-0.25, -0.2) is 0 Å². The number of nitrogens with zero attached hydrogens (tertiary/aromatic N) is 1. The van der Waals surface area contributed by atoms with E-state index in [4.69, 9.17) is 0 Å². The van der Waals surface area contributed by atoms with Crippen molar-refractivity contribution in [3.8, 4) is 0 Å². The van der Waals surface area contributed by atoms with Gasteiger partial charge in [-0.15, -0.1) is 0 Å². The fraction of sp³-hybridized carbons (Fsp3) is 0.353. The van der Waals surface area contributed by atoms with Gasteiger partial charge in [-0.05, 0) is 54.3 Å². The Morgan fingerprint density at radius 1 is 1.19 bits per heavy atom. The van der Waals surface area contributed by atoms with E-state index in [0.717, 1.165) is 41.1 Å². The summed E-state index contributed by atoms with van der Waals surface area (Å²) >= 11 is 3.46. The zero-order chi connectivity index (χ0) is 14.8. The van der Waals surface area contributed by atoms with Crippen LogP contribution in [-0.2, 0) is 0 Å². The number of aliphatic hydroxyl groups excluding tert-OH is 1. The third-order valence-corrected chi connectivity index (χ3v) is 4.64. The van der Waals surface area contributed by atoms with Crippen LogP contribution >= 0.6 is 15.9 Å². The number of piperidine rings is 1. The van der Waals surface area contributed by atoms with Crippen LogP contribution in [0.15, 0.2) is 40.9 Å². The molecule has 0 saturated carbocycles. The predicted molar refractivity (Wildman–Crippen MR) is 87.4 cm³/mol. The molecule has 2 aromatic rings. The molecule has 1 amide bonds. The number of halogens is 1. The molecule has 1 aliphatic heterocycles. The van der Waals surface area contributed by atoms with Crippen LogP contribution in [0, 0.1) is 0 Å². The second kappa shape index (κ2) is 6.16. The third-order valence-electron chi connectivity index (χ3n) is 4.15. The number of likely N-dealkylation sites (tertiary alicyclic amines) is 1. The van der Waals surface area contributed by atoms with E-state index in [1.54, 1.807) is 0 Å². The van der Waals surface area contributed by atoms with Gasteiger partial charge in [-0.2, -0.15) is 0 Å². The van der Waals surface area contributed by atoms with Crippen LogP contribution in [0.2, 0.25) is 0 Å². The molecule has 3 nitrogen and oxygen atoms in total. The SMILES string of the molecule is O=C(c1ccc2cc(Br)ccc2c1)N1CCCCC1CO. The molecule has 1 atom stereocenters. The van der Waals surface area contributed by atoms with Gasteiger partial charge in [-0.3, -0.25) is 4.79 Å². The molecule has 0 radical (unpaired) electrons. The number of carbonyl (C=O) groups is 1. The van der Waals surface area contributed by atoms with E-state index in [1.165, 1.54) is 0 Å². The summed E-state index contributed by atoms with van der Waals surface area (Å²) in [5, 5.41) is 11.6. The van der Waals surface area contributed by atoms with E-state index in [1.807, 2.05) is 41.3 Å². The Kier molecular flexibility index (Phi) is 4.27. The smallest absolute Gasteiger partial charge is 0.254 e. The summed E-state index contributed by atoms with van der Waals surface area (Å²) in [7, 11) is 0. The maximum Gasteiger partial charge on any atom is 0.254 e. The van der Waals surface area contributed by atoms with Crippen LogP contribution in [0.3, 0.4) is 0 Å². The Morgan fingerprint density at radius 3 is 2.76 bits per heavy atom. The quantitative estimate of drug-likeness (QED) is 0.901. The van der Waals surface area contributed by atoms with E-state index in [2.05, 4.69) is 15.9 Å². The van der Waals surface area contributed by atoms with Gasteiger partial charge in [-0.1, -0.05) is 28.1 Å². The van der Waals surface area contributed by atoms with E-state index in [-0.39, 0.29) is 18.6 Å². The zero-order valence-electron chi connectivity index (χ0n) is 11.8. The van der Waals surface area contributed by atoms with Crippen LogP contribution in [0.25, 0.3) is 10.8 Å². The Balaban J connectivity index is 1.91. The van der Waals surface area contributed by atoms with Crippen LogP contribution in [-0.4, -0.2) is 35.1 Å². The second-order valence-electron chi connectivity index (χ2n) is 5.54. The summed E-state index contributed by atoms with van der Waals surface area (Å²) < 4.78 is 1.03. The number of amides is 1. The summed E-state index contributed by atoms with van der Waals surface area (Å²) in [6, 6.07) is 11.8. The minimum atomic E-state index is -0.0353. The molecule has 4 heteroatoms. The molecule has 1 saturated heterocycles. The van der Waals surface area contributed by atoms with E-state index in [9.17, 15) is 9.90 Å². The van der Waals surface area contributed by atoms with Crippen LogP contribution in [0.1, 0.15) is 29.6 Å². The second-order valence-corrected chi connectivity index (χ2v) is 6.45. The van der Waals surface area contributed by atoms with E-state index in [0.29, 0.717) is 5.56 Å². The highest BCUT2D eigenvalue weighted by Crippen LogP contribution is 2.24. The van der Waals surface area contributed by atoms with Crippen LogP contribution in [0.5, 0.6) is 0 Å². The fourth-order valence-corrected chi connectivity index (χ4v) is 3.35. The summed E-state index contributed by atoms with van der Waals surface area (Å²) in [5.41, 5.74) is 0.699. The van der Waals surface area contributed by atoms with E-state index < -0.39 is 0 Å². The number of rotatable bonds is 2. The molecule has 1 fully saturated rings. The van der Waals surface area contributed by atoms with Gasteiger partial charge in [0.25, 0.3) is 5.91 Å². The number of carbonyl (C=O) groups excluding carboxylic acids is 1. The van der Waals surface area contributed by atoms with Gasteiger partial charge in [0.05, 0.1) is 12.6 Å². The minimum Gasteiger partial charge on any atom is -0.394 e. The maximum atomic E-state index is 12.7. The average Bonchev–Trinajstić information content (AvgIpc) is 2.53. The molecule has 0 spiro atoms. The summed E-state index contributed by atoms with van der Waals surface area (Å²) in [6.07, 6.45) is 2.99. The first-order valence-corrected chi connectivity index (χ1v) is 8.09. The molecular weight excluding hydrogens is 330 g/mol. The highest BCUT2D eigenvalue weighted by molar-refractivity contribution is 9.10. The molecule has 2 aromatic carbocycles. The van der Waals surface area contributed by atoms with Crippen molar-refractivity contribution in [2.24, 2.45) is 0 Å².